The Labute approximate surface area is 95.1 Å². The number of rotatable bonds is 0. The molecule has 1 aromatic carbocycles. The van der Waals surface area contributed by atoms with E-state index in [1.54, 1.807) is 0 Å². The van der Waals surface area contributed by atoms with E-state index in [1.807, 2.05) is 6.20 Å². The van der Waals surface area contributed by atoms with E-state index < -0.39 is 0 Å². The van der Waals surface area contributed by atoms with Gasteiger partial charge in [0.15, 0.2) is 0 Å². The van der Waals surface area contributed by atoms with E-state index >= 15 is 0 Å². The van der Waals surface area contributed by atoms with Crippen LogP contribution in [0.2, 0.25) is 0 Å². The van der Waals surface area contributed by atoms with Crippen molar-refractivity contribution in [1.82, 2.24) is 10.2 Å². The zero-order chi connectivity index (χ0) is 9.38. The SMILES string of the molecule is Cl.c1ccc2c(c1)CCCc1cn[nH]c1-2. The lowest BCUT2D eigenvalue weighted by Gasteiger charge is -2.03. The first kappa shape index (κ1) is 10.2. The number of aromatic nitrogens is 2. The second-order valence-corrected chi connectivity index (χ2v) is 3.78. The maximum absolute atomic E-state index is 4.12. The smallest absolute Gasteiger partial charge is 0.0684 e. The van der Waals surface area contributed by atoms with Crippen LogP contribution in [0.1, 0.15) is 17.5 Å². The topological polar surface area (TPSA) is 28.7 Å². The summed E-state index contributed by atoms with van der Waals surface area (Å²) in [6.07, 6.45) is 5.50. The van der Waals surface area contributed by atoms with E-state index in [-0.39, 0.29) is 12.4 Å². The van der Waals surface area contributed by atoms with Crippen LogP contribution >= 0.6 is 12.4 Å². The van der Waals surface area contributed by atoms with Crippen molar-refractivity contribution in [3.8, 4) is 11.3 Å². The summed E-state index contributed by atoms with van der Waals surface area (Å²) >= 11 is 0. The van der Waals surface area contributed by atoms with Crippen molar-refractivity contribution in [3.63, 3.8) is 0 Å². The summed E-state index contributed by atoms with van der Waals surface area (Å²) < 4.78 is 0. The van der Waals surface area contributed by atoms with Crippen LogP contribution < -0.4 is 0 Å². The number of aromatic amines is 1. The minimum absolute atomic E-state index is 0. The molecule has 1 heterocycles. The van der Waals surface area contributed by atoms with Gasteiger partial charge < -0.3 is 0 Å². The van der Waals surface area contributed by atoms with Crippen LogP contribution in [0.4, 0.5) is 0 Å². The second kappa shape index (κ2) is 4.07. The van der Waals surface area contributed by atoms with E-state index in [9.17, 15) is 0 Å². The highest BCUT2D eigenvalue weighted by atomic mass is 35.5. The third kappa shape index (κ3) is 1.65. The molecule has 1 aliphatic rings. The van der Waals surface area contributed by atoms with E-state index in [0.29, 0.717) is 0 Å². The van der Waals surface area contributed by atoms with Gasteiger partial charge in [-0.05, 0) is 30.4 Å². The number of hydrogen-bond acceptors (Lipinski definition) is 1. The number of fused-ring (bicyclic) bond motifs is 3. The molecule has 1 N–H and O–H groups in total. The molecule has 0 unspecified atom stereocenters. The third-order valence-electron chi connectivity index (χ3n) is 2.90. The third-order valence-corrected chi connectivity index (χ3v) is 2.90. The van der Waals surface area contributed by atoms with Crippen molar-refractivity contribution in [2.45, 2.75) is 19.3 Å². The van der Waals surface area contributed by atoms with Crippen LogP contribution in [0.3, 0.4) is 0 Å². The average molecular weight is 221 g/mol. The molecule has 2 nitrogen and oxygen atoms in total. The fourth-order valence-electron chi connectivity index (χ4n) is 2.19. The lowest BCUT2D eigenvalue weighted by Crippen LogP contribution is -1.87. The van der Waals surface area contributed by atoms with Gasteiger partial charge >= 0.3 is 0 Å². The van der Waals surface area contributed by atoms with Crippen molar-refractivity contribution in [3.05, 3.63) is 41.6 Å². The number of H-pyrrole nitrogens is 1. The van der Waals surface area contributed by atoms with Gasteiger partial charge in [-0.25, -0.2) is 0 Å². The predicted molar refractivity (Wildman–Crippen MR) is 63.3 cm³/mol. The number of hydrogen-bond donors (Lipinski definition) is 1. The summed E-state index contributed by atoms with van der Waals surface area (Å²) in [5, 5.41) is 7.22. The van der Waals surface area contributed by atoms with Crippen molar-refractivity contribution in [2.24, 2.45) is 0 Å². The summed E-state index contributed by atoms with van der Waals surface area (Å²) in [5.74, 6) is 0. The molecule has 0 aliphatic heterocycles. The molecule has 0 atom stereocenters. The molecule has 0 spiro atoms. The van der Waals surface area contributed by atoms with Crippen LogP contribution in [0, 0.1) is 0 Å². The minimum Gasteiger partial charge on any atom is -0.278 e. The number of nitrogens with one attached hydrogen (secondary N) is 1. The Morgan fingerprint density at radius 3 is 2.80 bits per heavy atom. The molecule has 0 saturated heterocycles. The van der Waals surface area contributed by atoms with Crippen molar-refractivity contribution >= 4 is 12.4 Å². The maximum Gasteiger partial charge on any atom is 0.0684 e. The molecule has 1 aliphatic carbocycles. The number of halogens is 1. The van der Waals surface area contributed by atoms with Crippen LogP contribution in [0.25, 0.3) is 11.3 Å². The minimum atomic E-state index is 0. The molecule has 3 rings (SSSR count). The summed E-state index contributed by atoms with van der Waals surface area (Å²) in [6, 6.07) is 8.60. The highest BCUT2D eigenvalue weighted by Crippen LogP contribution is 2.29. The zero-order valence-electron chi connectivity index (χ0n) is 8.36. The Kier molecular flexibility index (Phi) is 2.78. The number of benzene rings is 1. The lowest BCUT2D eigenvalue weighted by molar-refractivity contribution is 0.834. The molecule has 0 fully saturated rings. The molecule has 0 bridgehead atoms. The van der Waals surface area contributed by atoms with E-state index in [0.717, 1.165) is 6.42 Å². The van der Waals surface area contributed by atoms with E-state index in [4.69, 9.17) is 0 Å². The summed E-state index contributed by atoms with van der Waals surface area (Å²) in [4.78, 5) is 0. The van der Waals surface area contributed by atoms with Gasteiger partial charge in [-0.2, -0.15) is 5.10 Å². The van der Waals surface area contributed by atoms with Crippen LogP contribution in [0.15, 0.2) is 30.5 Å². The Morgan fingerprint density at radius 2 is 1.87 bits per heavy atom. The largest absolute Gasteiger partial charge is 0.278 e. The molecule has 3 heteroatoms. The standard InChI is InChI=1S/C12H12N2.ClH/c1-2-7-11-9(4-1)5-3-6-10-8-13-14-12(10)11;/h1-2,4,7-8H,3,5-6H2,(H,13,14);1H. The fraction of sp³-hybridized carbons (Fsp3) is 0.250. The van der Waals surface area contributed by atoms with Crippen LogP contribution in [-0.4, -0.2) is 10.2 Å². The van der Waals surface area contributed by atoms with Gasteiger partial charge in [0.1, 0.15) is 0 Å². The van der Waals surface area contributed by atoms with Gasteiger partial charge in [0.25, 0.3) is 0 Å². The molecule has 2 aromatic rings. The predicted octanol–water partition coefficient (Wildman–Crippen LogP) is 2.99. The lowest BCUT2D eigenvalue weighted by atomic mass is 10.0. The van der Waals surface area contributed by atoms with Crippen LogP contribution in [-0.2, 0) is 12.8 Å². The maximum atomic E-state index is 4.12. The van der Waals surface area contributed by atoms with Crippen LogP contribution in [0.5, 0.6) is 0 Å². The Bertz CT molecular complexity index is 462. The monoisotopic (exact) mass is 220 g/mol. The normalized spacial score (nSPS) is 13.3. The first-order chi connectivity index (χ1) is 6.95. The highest BCUT2D eigenvalue weighted by Gasteiger charge is 2.14. The average Bonchev–Trinajstić information content (AvgIpc) is 2.61. The van der Waals surface area contributed by atoms with Gasteiger partial charge in [-0.3, -0.25) is 5.10 Å². The second-order valence-electron chi connectivity index (χ2n) is 3.78. The first-order valence-electron chi connectivity index (χ1n) is 5.05. The van der Waals surface area contributed by atoms with Gasteiger partial charge in [0.05, 0.1) is 11.9 Å². The Balaban J connectivity index is 0.000000853. The van der Waals surface area contributed by atoms with Gasteiger partial charge in [-0.1, -0.05) is 24.3 Å². The highest BCUT2D eigenvalue weighted by molar-refractivity contribution is 5.85. The Morgan fingerprint density at radius 1 is 1.07 bits per heavy atom. The molecule has 0 saturated carbocycles. The summed E-state index contributed by atoms with van der Waals surface area (Å²) in [7, 11) is 0. The van der Waals surface area contributed by atoms with Crippen molar-refractivity contribution < 1.29 is 0 Å². The number of nitrogens with zero attached hydrogens (tertiary/aromatic N) is 1. The molecule has 15 heavy (non-hydrogen) atoms. The van der Waals surface area contributed by atoms with Crippen molar-refractivity contribution in [2.75, 3.05) is 0 Å². The summed E-state index contributed by atoms with van der Waals surface area (Å²) in [5.41, 5.74) is 5.35. The fourth-order valence-corrected chi connectivity index (χ4v) is 2.19. The molecular weight excluding hydrogens is 208 g/mol. The van der Waals surface area contributed by atoms with Crippen molar-refractivity contribution in [1.29, 1.82) is 0 Å². The summed E-state index contributed by atoms with van der Waals surface area (Å²) in [6.45, 7) is 0. The molecule has 0 amide bonds. The Hall–Kier alpha value is -1.28. The van der Waals surface area contributed by atoms with Gasteiger partial charge in [0.2, 0.25) is 0 Å². The molecule has 0 radical (unpaired) electrons. The zero-order valence-corrected chi connectivity index (χ0v) is 9.18. The van der Waals surface area contributed by atoms with E-state index in [1.165, 1.54) is 35.2 Å². The van der Waals surface area contributed by atoms with E-state index in [2.05, 4.69) is 34.5 Å². The van der Waals surface area contributed by atoms with Gasteiger partial charge in [-0.15, -0.1) is 12.4 Å². The van der Waals surface area contributed by atoms with Gasteiger partial charge in [0, 0.05) is 5.56 Å². The first-order valence-corrected chi connectivity index (χ1v) is 5.05. The molecular formula is C12H13ClN2. The quantitative estimate of drug-likeness (QED) is 0.727. The molecule has 1 aromatic heterocycles. The number of aryl methyl sites for hydroxylation is 2. The molecule has 78 valence electrons.